The van der Waals surface area contributed by atoms with Crippen LogP contribution >= 0.6 is 0 Å². The van der Waals surface area contributed by atoms with E-state index in [2.05, 4.69) is 45.2 Å². The number of Topliss-reactive ketones (excluding diaryl/α,β-unsaturated/α-hetero) is 1. The van der Waals surface area contributed by atoms with Crippen molar-refractivity contribution in [3.8, 4) is 16.8 Å². The topological polar surface area (TPSA) is 96.7 Å². The van der Waals surface area contributed by atoms with Crippen molar-refractivity contribution in [1.82, 2.24) is 14.5 Å². The van der Waals surface area contributed by atoms with E-state index in [1.165, 1.54) is 5.56 Å². The number of nitrogens with two attached hydrogens (primary N) is 1. The Balaban J connectivity index is 1.27. The molecule has 1 fully saturated rings. The molecule has 0 saturated carbocycles. The van der Waals surface area contributed by atoms with Gasteiger partial charge in [0.15, 0.2) is 0 Å². The molecule has 186 valence electrons. The number of imidazole rings is 1. The molecule has 7 heteroatoms. The van der Waals surface area contributed by atoms with Crippen molar-refractivity contribution in [2.24, 2.45) is 10.7 Å². The van der Waals surface area contributed by atoms with Crippen molar-refractivity contribution < 1.29 is 9.90 Å². The van der Waals surface area contributed by atoms with Crippen molar-refractivity contribution >= 4 is 12.0 Å². The van der Waals surface area contributed by atoms with Crippen molar-refractivity contribution in [2.45, 2.75) is 31.7 Å². The molecule has 3 aromatic carbocycles. The van der Waals surface area contributed by atoms with Gasteiger partial charge in [0.05, 0.1) is 12.3 Å². The summed E-state index contributed by atoms with van der Waals surface area (Å²) in [7, 11) is 0. The number of ketones is 1. The first-order chi connectivity index (χ1) is 18.1. The molecular formula is C30H29N5O2. The van der Waals surface area contributed by atoms with Gasteiger partial charge in [-0.05, 0) is 46.4 Å². The second kappa shape index (κ2) is 9.86. The minimum atomic E-state index is -0.615. The van der Waals surface area contributed by atoms with Crippen molar-refractivity contribution in [3.63, 3.8) is 0 Å². The molecule has 2 atom stereocenters. The van der Waals surface area contributed by atoms with Crippen molar-refractivity contribution in [1.29, 1.82) is 0 Å². The van der Waals surface area contributed by atoms with Crippen LogP contribution in [0.1, 0.15) is 45.3 Å². The third kappa shape index (κ3) is 4.53. The first kappa shape index (κ1) is 23.5. The van der Waals surface area contributed by atoms with E-state index in [0.717, 1.165) is 47.5 Å². The molecule has 1 saturated heterocycles. The highest BCUT2D eigenvalue weighted by Crippen LogP contribution is 2.32. The molecule has 37 heavy (non-hydrogen) atoms. The minimum Gasteiger partial charge on any atom is -0.392 e. The van der Waals surface area contributed by atoms with Crippen LogP contribution in [0, 0.1) is 0 Å². The lowest BCUT2D eigenvalue weighted by Gasteiger charge is -2.19. The van der Waals surface area contributed by atoms with Crippen LogP contribution < -0.4 is 5.73 Å². The Labute approximate surface area is 215 Å². The molecule has 3 heterocycles. The van der Waals surface area contributed by atoms with E-state index in [-0.39, 0.29) is 11.9 Å². The lowest BCUT2D eigenvalue weighted by Crippen LogP contribution is -2.21. The second-order valence-electron chi connectivity index (χ2n) is 9.72. The molecule has 1 unspecified atom stereocenters. The van der Waals surface area contributed by atoms with Crippen molar-refractivity contribution in [2.75, 3.05) is 13.1 Å². The molecule has 0 aliphatic carbocycles. The zero-order valence-electron chi connectivity index (χ0n) is 20.5. The summed E-state index contributed by atoms with van der Waals surface area (Å²) >= 11 is 0. The summed E-state index contributed by atoms with van der Waals surface area (Å²) in [6, 6.07) is 23.7. The zero-order valence-corrected chi connectivity index (χ0v) is 20.5. The summed E-state index contributed by atoms with van der Waals surface area (Å²) in [5, 5.41) is 9.90. The predicted molar refractivity (Wildman–Crippen MR) is 144 cm³/mol. The molecule has 0 spiro atoms. The smallest absolute Gasteiger partial charge is 0.210 e. The van der Waals surface area contributed by atoms with Crippen LogP contribution in [-0.2, 0) is 13.1 Å². The van der Waals surface area contributed by atoms with Gasteiger partial charge in [-0.1, -0.05) is 60.7 Å². The van der Waals surface area contributed by atoms with Gasteiger partial charge in [0.1, 0.15) is 23.8 Å². The fraction of sp³-hybridized carbons (Fsp3) is 0.233. The number of aromatic nitrogens is 2. The van der Waals surface area contributed by atoms with E-state index in [4.69, 9.17) is 5.73 Å². The van der Waals surface area contributed by atoms with Crippen LogP contribution in [0.3, 0.4) is 0 Å². The molecular weight excluding hydrogens is 462 g/mol. The summed E-state index contributed by atoms with van der Waals surface area (Å²) in [5.41, 5.74) is 13.1. The average molecular weight is 492 g/mol. The number of hydrogen-bond acceptors (Lipinski definition) is 6. The third-order valence-corrected chi connectivity index (χ3v) is 7.24. The van der Waals surface area contributed by atoms with Crippen LogP contribution in [0.5, 0.6) is 0 Å². The quantitative estimate of drug-likeness (QED) is 0.426. The van der Waals surface area contributed by atoms with E-state index >= 15 is 0 Å². The van der Waals surface area contributed by atoms with Crippen LogP contribution in [-0.4, -0.2) is 50.7 Å². The molecule has 0 bridgehead atoms. The van der Waals surface area contributed by atoms with Crippen LogP contribution in [0.4, 0.5) is 0 Å². The standard InChI is InChI=1S/C30H29N5O2/c31-15-20-4-3-6-24(14-20)35-19-33-27-16-32-28(30(37)29(27)35)22-10-8-21(9-11-22)26-7-2-1-5-23(26)17-34-13-12-25(36)18-34/h1-11,14,16,19,25,28,36H,12-13,15,17-18,31H2/t25-,28?/m0/s1. The van der Waals surface area contributed by atoms with Crippen LogP contribution in [0.25, 0.3) is 16.8 Å². The SMILES string of the molecule is NCc1cccc(-n2cnc3c2C(=O)C(c2ccc(-c4ccccc4CN4CC[C@H](O)C4)cc2)N=C3)c1. The molecule has 6 rings (SSSR count). The number of β-amino-alcohol motifs (C(OH)–C–C–N with tert-alkyl or cyclic N) is 1. The maximum atomic E-state index is 13.6. The number of hydrogen-bond donors (Lipinski definition) is 2. The summed E-state index contributed by atoms with van der Waals surface area (Å²) in [6.07, 6.45) is 3.96. The van der Waals surface area contributed by atoms with E-state index in [1.54, 1.807) is 12.5 Å². The number of aliphatic hydroxyl groups excluding tert-OH is 1. The number of rotatable bonds is 6. The first-order valence-corrected chi connectivity index (χ1v) is 12.6. The fourth-order valence-corrected chi connectivity index (χ4v) is 5.29. The normalized spacial score (nSPS) is 19.4. The van der Waals surface area contributed by atoms with E-state index in [1.807, 2.05) is 47.0 Å². The van der Waals surface area contributed by atoms with E-state index in [9.17, 15) is 9.90 Å². The Morgan fingerprint density at radius 3 is 2.65 bits per heavy atom. The second-order valence-corrected chi connectivity index (χ2v) is 9.72. The van der Waals surface area contributed by atoms with Gasteiger partial charge in [-0.25, -0.2) is 4.98 Å². The highest BCUT2D eigenvalue weighted by atomic mass is 16.3. The maximum Gasteiger partial charge on any atom is 0.210 e. The number of aliphatic hydroxyl groups is 1. The number of fused-ring (bicyclic) bond motifs is 1. The Kier molecular flexibility index (Phi) is 6.26. The number of nitrogens with zero attached hydrogens (tertiary/aromatic N) is 4. The van der Waals surface area contributed by atoms with Crippen molar-refractivity contribution in [3.05, 3.63) is 107 Å². The van der Waals surface area contributed by atoms with Gasteiger partial charge in [-0.2, -0.15) is 0 Å². The molecule has 4 aromatic rings. The lowest BCUT2D eigenvalue weighted by molar-refractivity contribution is 0.0953. The molecule has 0 radical (unpaired) electrons. The largest absolute Gasteiger partial charge is 0.392 e. The van der Waals surface area contributed by atoms with Gasteiger partial charge in [0.2, 0.25) is 5.78 Å². The maximum absolute atomic E-state index is 13.6. The summed E-state index contributed by atoms with van der Waals surface area (Å²) in [6.45, 7) is 2.85. The average Bonchev–Trinajstić information content (AvgIpc) is 3.56. The number of carbonyl (C=O) groups is 1. The van der Waals surface area contributed by atoms with Gasteiger partial charge in [-0.3, -0.25) is 19.3 Å². The molecule has 1 aromatic heterocycles. The van der Waals surface area contributed by atoms with Gasteiger partial charge in [-0.15, -0.1) is 0 Å². The highest BCUT2D eigenvalue weighted by molar-refractivity contribution is 6.08. The number of likely N-dealkylation sites (tertiary alicyclic amines) is 1. The van der Waals surface area contributed by atoms with E-state index < -0.39 is 6.04 Å². The summed E-state index contributed by atoms with van der Waals surface area (Å²) < 4.78 is 1.83. The third-order valence-electron chi connectivity index (χ3n) is 7.24. The predicted octanol–water partition coefficient (Wildman–Crippen LogP) is 3.92. The van der Waals surface area contributed by atoms with Crippen LogP contribution in [0.2, 0.25) is 0 Å². The Morgan fingerprint density at radius 2 is 1.86 bits per heavy atom. The first-order valence-electron chi connectivity index (χ1n) is 12.6. The lowest BCUT2D eigenvalue weighted by atomic mass is 9.94. The number of aliphatic imine (C=N–C) groups is 1. The van der Waals surface area contributed by atoms with Crippen LogP contribution in [0.15, 0.2) is 84.1 Å². The Morgan fingerprint density at radius 1 is 1.03 bits per heavy atom. The Hall–Kier alpha value is -3.91. The molecule has 7 nitrogen and oxygen atoms in total. The minimum absolute atomic E-state index is 0.0751. The number of benzene rings is 3. The van der Waals surface area contributed by atoms with Gasteiger partial charge < -0.3 is 10.8 Å². The monoisotopic (exact) mass is 491 g/mol. The van der Waals surface area contributed by atoms with Gasteiger partial charge in [0, 0.05) is 31.9 Å². The highest BCUT2D eigenvalue weighted by Gasteiger charge is 2.31. The fourth-order valence-electron chi connectivity index (χ4n) is 5.29. The molecule has 2 aliphatic heterocycles. The van der Waals surface area contributed by atoms with E-state index in [0.29, 0.717) is 24.5 Å². The van der Waals surface area contributed by atoms with Gasteiger partial charge in [0.25, 0.3) is 0 Å². The summed E-state index contributed by atoms with van der Waals surface area (Å²) in [5.74, 6) is -0.0751. The molecule has 0 amide bonds. The molecule has 3 N–H and O–H groups in total. The molecule has 2 aliphatic rings. The van der Waals surface area contributed by atoms with Gasteiger partial charge >= 0.3 is 0 Å². The number of carbonyl (C=O) groups excluding carboxylic acids is 1. The Bertz CT molecular complexity index is 1470. The summed E-state index contributed by atoms with van der Waals surface area (Å²) in [4.78, 5) is 24.9. The zero-order chi connectivity index (χ0) is 25.4.